The Morgan fingerprint density at radius 2 is 2.05 bits per heavy atom. The van der Waals surface area contributed by atoms with Crippen molar-refractivity contribution in [1.82, 2.24) is 5.48 Å². The number of hydroxylamine groups is 1. The van der Waals surface area contributed by atoms with Gasteiger partial charge in [-0.3, -0.25) is 4.79 Å². The number of benzene rings is 1. The van der Waals surface area contributed by atoms with Crippen LogP contribution in [-0.2, 0) is 19.3 Å². The number of carbonyl (C=O) groups is 2. The van der Waals surface area contributed by atoms with Crippen LogP contribution in [0.4, 0.5) is 0 Å². The van der Waals surface area contributed by atoms with E-state index in [2.05, 4.69) is 21.1 Å². The van der Waals surface area contributed by atoms with Crippen molar-refractivity contribution >= 4 is 18.0 Å². The summed E-state index contributed by atoms with van der Waals surface area (Å²) in [5.41, 5.74) is 3.13. The fraction of sp³-hybridized carbons (Fsp3) is 0.167. The summed E-state index contributed by atoms with van der Waals surface area (Å²) in [6.07, 6.45) is 0.836. The molecule has 0 aliphatic rings. The van der Waals surface area contributed by atoms with Gasteiger partial charge in [0.15, 0.2) is 6.10 Å². The van der Waals surface area contributed by atoms with Crippen molar-refractivity contribution in [2.24, 2.45) is 5.90 Å². The third kappa shape index (κ3) is 5.66. The summed E-state index contributed by atoms with van der Waals surface area (Å²) in [7, 11) is 0. The fourth-order valence-electron chi connectivity index (χ4n) is 1.14. The molecule has 1 aromatic carbocycles. The van der Waals surface area contributed by atoms with E-state index < -0.39 is 24.5 Å². The van der Waals surface area contributed by atoms with Gasteiger partial charge in [-0.2, -0.15) is 5.90 Å². The number of aliphatic hydroxyl groups is 1. The zero-order valence-electron chi connectivity index (χ0n) is 9.98. The predicted molar refractivity (Wildman–Crippen MR) is 65.6 cm³/mol. The minimum atomic E-state index is -1.63. The molecule has 7 nitrogen and oxygen atoms in total. The number of carbonyl (C=O) groups excluding carboxylic acids is 2. The van der Waals surface area contributed by atoms with Crippen LogP contribution in [-0.4, -0.2) is 23.1 Å². The van der Waals surface area contributed by atoms with Crippen LogP contribution in [0.3, 0.4) is 0 Å². The Kier molecular flexibility index (Phi) is 6.07. The van der Waals surface area contributed by atoms with E-state index in [0.717, 1.165) is 5.56 Å². The summed E-state index contributed by atoms with van der Waals surface area (Å²) in [5.74, 6) is 2.64. The second-order valence-corrected chi connectivity index (χ2v) is 3.49. The third-order valence-electron chi connectivity index (χ3n) is 2.07. The zero-order chi connectivity index (χ0) is 14.1. The lowest BCUT2D eigenvalue weighted by Crippen LogP contribution is -2.30. The molecule has 0 radical (unpaired) electrons. The Morgan fingerprint density at radius 3 is 2.68 bits per heavy atom. The first-order valence-electron chi connectivity index (χ1n) is 5.39. The molecular formula is C12H14N2O5. The van der Waals surface area contributed by atoms with Gasteiger partial charge < -0.3 is 14.8 Å². The van der Waals surface area contributed by atoms with Gasteiger partial charge in [-0.1, -0.05) is 30.3 Å². The highest BCUT2D eigenvalue weighted by Crippen LogP contribution is 2.00. The van der Waals surface area contributed by atoms with Gasteiger partial charge in [-0.15, -0.1) is 0 Å². The van der Waals surface area contributed by atoms with Gasteiger partial charge in [0.2, 0.25) is 0 Å². The molecule has 0 saturated carbocycles. The van der Waals surface area contributed by atoms with Crippen molar-refractivity contribution in [1.29, 1.82) is 0 Å². The van der Waals surface area contributed by atoms with Crippen molar-refractivity contribution in [2.45, 2.75) is 12.5 Å². The maximum absolute atomic E-state index is 11.2. The standard InChI is InChI=1S/C12H14N2O5/c13-18-11(16)8-10(15)12(17)19-14-7-6-9-4-2-1-3-5-9/h1-7,10,14-15H,8,13H2. The topological polar surface area (TPSA) is 111 Å². The zero-order valence-corrected chi connectivity index (χ0v) is 9.98. The van der Waals surface area contributed by atoms with E-state index in [0.29, 0.717) is 0 Å². The molecule has 0 amide bonds. The van der Waals surface area contributed by atoms with Gasteiger partial charge in [0, 0.05) is 6.20 Å². The van der Waals surface area contributed by atoms with Crippen LogP contribution in [0.25, 0.3) is 6.08 Å². The first-order chi connectivity index (χ1) is 9.13. The molecule has 0 bridgehead atoms. The molecule has 0 spiro atoms. The molecular weight excluding hydrogens is 252 g/mol. The van der Waals surface area contributed by atoms with E-state index in [-0.39, 0.29) is 0 Å². The van der Waals surface area contributed by atoms with Gasteiger partial charge in [-0.25, -0.2) is 10.3 Å². The second-order valence-electron chi connectivity index (χ2n) is 3.49. The lowest BCUT2D eigenvalue weighted by atomic mass is 10.2. The highest BCUT2D eigenvalue weighted by Gasteiger charge is 2.21. The summed E-state index contributed by atoms with van der Waals surface area (Å²) >= 11 is 0. The van der Waals surface area contributed by atoms with Crippen LogP contribution in [0.1, 0.15) is 12.0 Å². The minimum absolute atomic E-state index is 0.570. The summed E-state index contributed by atoms with van der Waals surface area (Å²) < 4.78 is 0. The average Bonchev–Trinajstić information content (AvgIpc) is 2.44. The largest absolute Gasteiger partial charge is 0.381 e. The summed E-state index contributed by atoms with van der Waals surface area (Å²) in [6.45, 7) is 0. The fourth-order valence-corrected chi connectivity index (χ4v) is 1.14. The van der Waals surface area contributed by atoms with Gasteiger partial charge in [0.25, 0.3) is 0 Å². The number of rotatable bonds is 6. The van der Waals surface area contributed by atoms with Gasteiger partial charge in [0.05, 0.1) is 6.42 Å². The van der Waals surface area contributed by atoms with Crippen LogP contribution in [0.2, 0.25) is 0 Å². The smallest absolute Gasteiger partial charge is 0.360 e. The molecule has 19 heavy (non-hydrogen) atoms. The number of hydrogen-bond donors (Lipinski definition) is 3. The molecule has 0 aliphatic carbocycles. The molecule has 0 fully saturated rings. The Morgan fingerprint density at radius 1 is 1.37 bits per heavy atom. The van der Waals surface area contributed by atoms with E-state index in [4.69, 9.17) is 0 Å². The molecule has 1 unspecified atom stereocenters. The van der Waals surface area contributed by atoms with Gasteiger partial charge in [0.1, 0.15) is 0 Å². The van der Waals surface area contributed by atoms with Crippen LogP contribution < -0.4 is 11.4 Å². The first-order valence-corrected chi connectivity index (χ1v) is 5.39. The monoisotopic (exact) mass is 266 g/mol. The molecule has 1 atom stereocenters. The van der Waals surface area contributed by atoms with Crippen molar-refractivity contribution < 1.29 is 24.4 Å². The van der Waals surface area contributed by atoms with E-state index in [1.54, 1.807) is 6.08 Å². The lowest BCUT2D eigenvalue weighted by Gasteiger charge is -2.07. The number of hydrogen-bond acceptors (Lipinski definition) is 7. The molecule has 102 valence electrons. The molecule has 1 aromatic rings. The van der Waals surface area contributed by atoms with E-state index >= 15 is 0 Å². The van der Waals surface area contributed by atoms with Crippen molar-refractivity contribution in [3.05, 3.63) is 42.1 Å². The molecule has 7 heteroatoms. The molecule has 0 aromatic heterocycles. The Hall–Kier alpha value is -2.38. The average molecular weight is 266 g/mol. The maximum atomic E-state index is 11.2. The lowest BCUT2D eigenvalue weighted by molar-refractivity contribution is -0.164. The van der Waals surface area contributed by atoms with E-state index in [1.807, 2.05) is 30.3 Å². The molecule has 0 aliphatic heterocycles. The highest BCUT2D eigenvalue weighted by atomic mass is 16.7. The number of nitrogens with one attached hydrogen (secondary N) is 1. The van der Waals surface area contributed by atoms with E-state index in [9.17, 15) is 14.7 Å². The van der Waals surface area contributed by atoms with Crippen LogP contribution in [0, 0.1) is 0 Å². The predicted octanol–water partition coefficient (Wildman–Crippen LogP) is -0.127. The van der Waals surface area contributed by atoms with Crippen LogP contribution in [0.15, 0.2) is 36.5 Å². The number of nitrogens with two attached hydrogens (primary N) is 1. The van der Waals surface area contributed by atoms with Crippen molar-refractivity contribution in [2.75, 3.05) is 0 Å². The van der Waals surface area contributed by atoms with Gasteiger partial charge in [-0.05, 0) is 11.6 Å². The summed E-state index contributed by atoms with van der Waals surface area (Å²) in [4.78, 5) is 30.2. The SMILES string of the molecule is NOC(=O)CC(O)C(=O)ONC=Cc1ccccc1. The van der Waals surface area contributed by atoms with Crippen molar-refractivity contribution in [3.8, 4) is 0 Å². The Balaban J connectivity index is 2.31. The molecule has 4 N–H and O–H groups in total. The van der Waals surface area contributed by atoms with Gasteiger partial charge >= 0.3 is 11.9 Å². The second kappa shape index (κ2) is 7.85. The van der Waals surface area contributed by atoms with Crippen LogP contribution in [0.5, 0.6) is 0 Å². The molecule has 1 rings (SSSR count). The van der Waals surface area contributed by atoms with E-state index in [1.165, 1.54) is 6.20 Å². The molecule has 0 saturated heterocycles. The summed E-state index contributed by atoms with van der Waals surface area (Å²) in [5, 5.41) is 9.24. The number of aliphatic hydroxyl groups excluding tert-OH is 1. The Bertz CT molecular complexity index is 447. The maximum Gasteiger partial charge on any atom is 0.360 e. The van der Waals surface area contributed by atoms with Crippen LogP contribution >= 0.6 is 0 Å². The van der Waals surface area contributed by atoms with Crippen molar-refractivity contribution in [3.63, 3.8) is 0 Å². The highest BCUT2D eigenvalue weighted by molar-refractivity contribution is 5.81. The summed E-state index contributed by atoms with van der Waals surface area (Å²) in [6, 6.07) is 9.29. The minimum Gasteiger partial charge on any atom is -0.381 e. The Labute approximate surface area is 109 Å². The quantitative estimate of drug-likeness (QED) is 0.615. The third-order valence-corrected chi connectivity index (χ3v) is 2.07. The normalized spacial score (nSPS) is 11.9. The first kappa shape index (κ1) is 14.7. The molecule has 0 heterocycles.